The van der Waals surface area contributed by atoms with Gasteiger partial charge in [0.15, 0.2) is 0 Å². The molecule has 0 fully saturated rings. The Kier molecular flexibility index (Phi) is 5.02. The average molecular weight is 258 g/mol. The molecule has 0 atom stereocenters. The summed E-state index contributed by atoms with van der Waals surface area (Å²) in [5.74, 6) is 0. The Labute approximate surface area is 110 Å². The van der Waals surface area contributed by atoms with E-state index in [0.29, 0.717) is 0 Å². The molecule has 3 nitrogen and oxygen atoms in total. The van der Waals surface area contributed by atoms with Crippen LogP contribution in [0.4, 0.5) is 0 Å². The van der Waals surface area contributed by atoms with Gasteiger partial charge in [-0.15, -0.1) is 0 Å². The van der Waals surface area contributed by atoms with Crippen molar-refractivity contribution in [2.24, 2.45) is 12.5 Å². The normalized spacial score (nSPS) is 12.1. The molecule has 17 heavy (non-hydrogen) atoms. The van der Waals surface area contributed by atoms with Gasteiger partial charge in [0.05, 0.1) is 16.4 Å². The van der Waals surface area contributed by atoms with E-state index in [0.717, 1.165) is 42.2 Å². The van der Waals surface area contributed by atoms with Gasteiger partial charge in [-0.05, 0) is 38.3 Å². The Bertz CT molecular complexity index is 369. The number of aryl methyl sites for hydroxylation is 2. The Morgan fingerprint density at radius 2 is 2.06 bits per heavy atom. The first-order valence-corrected chi connectivity index (χ1v) is 6.64. The van der Waals surface area contributed by atoms with Crippen LogP contribution in [0.25, 0.3) is 0 Å². The van der Waals surface area contributed by atoms with Crippen LogP contribution in [0, 0.1) is 5.41 Å². The molecule has 4 heteroatoms. The van der Waals surface area contributed by atoms with Crippen molar-refractivity contribution in [2.75, 3.05) is 13.6 Å². The van der Waals surface area contributed by atoms with Gasteiger partial charge in [0, 0.05) is 7.05 Å². The first kappa shape index (κ1) is 14.5. The van der Waals surface area contributed by atoms with Crippen LogP contribution < -0.4 is 5.32 Å². The number of nitrogens with zero attached hydrogens (tertiary/aromatic N) is 2. The number of hydrogen-bond donors (Lipinski definition) is 1. The highest BCUT2D eigenvalue weighted by Crippen LogP contribution is 2.30. The molecule has 0 spiro atoms. The predicted molar refractivity (Wildman–Crippen MR) is 73.6 cm³/mol. The summed E-state index contributed by atoms with van der Waals surface area (Å²) < 4.78 is 1.93. The molecule has 1 heterocycles. The maximum absolute atomic E-state index is 6.37. The van der Waals surface area contributed by atoms with E-state index in [1.165, 1.54) is 0 Å². The van der Waals surface area contributed by atoms with E-state index in [2.05, 4.69) is 31.2 Å². The van der Waals surface area contributed by atoms with Gasteiger partial charge in [-0.25, -0.2) is 0 Å². The molecule has 0 unspecified atom stereocenters. The van der Waals surface area contributed by atoms with Crippen LogP contribution >= 0.6 is 11.6 Å². The maximum Gasteiger partial charge on any atom is 0.0849 e. The minimum Gasteiger partial charge on any atom is -0.320 e. The molecule has 1 rings (SSSR count). The highest BCUT2D eigenvalue weighted by Gasteiger charge is 2.23. The standard InChI is InChI=1S/C13H24ClN3/c1-6-10-12(14)11(17(5)16-10)9-13(2,3)7-8-15-4/h15H,6-9H2,1-5H3. The molecule has 0 amide bonds. The monoisotopic (exact) mass is 257 g/mol. The molecule has 0 aliphatic heterocycles. The fraction of sp³-hybridized carbons (Fsp3) is 0.769. The minimum absolute atomic E-state index is 0.242. The highest BCUT2D eigenvalue weighted by molar-refractivity contribution is 6.31. The summed E-state index contributed by atoms with van der Waals surface area (Å²) in [5.41, 5.74) is 2.41. The summed E-state index contributed by atoms with van der Waals surface area (Å²) in [6, 6.07) is 0. The van der Waals surface area contributed by atoms with E-state index in [4.69, 9.17) is 11.6 Å². The third kappa shape index (κ3) is 3.71. The van der Waals surface area contributed by atoms with Crippen LogP contribution in [0.1, 0.15) is 38.6 Å². The lowest BCUT2D eigenvalue weighted by Gasteiger charge is -2.24. The van der Waals surface area contributed by atoms with Crippen molar-refractivity contribution in [1.29, 1.82) is 0 Å². The predicted octanol–water partition coefficient (Wildman–Crippen LogP) is 2.81. The first-order valence-electron chi connectivity index (χ1n) is 6.26. The van der Waals surface area contributed by atoms with Crippen molar-refractivity contribution in [1.82, 2.24) is 15.1 Å². The zero-order valence-electron chi connectivity index (χ0n) is 11.6. The molecule has 1 aromatic rings. The maximum atomic E-state index is 6.37. The van der Waals surface area contributed by atoms with Gasteiger partial charge >= 0.3 is 0 Å². The van der Waals surface area contributed by atoms with E-state index in [-0.39, 0.29) is 5.41 Å². The molecule has 0 bridgehead atoms. The smallest absolute Gasteiger partial charge is 0.0849 e. The summed E-state index contributed by atoms with van der Waals surface area (Å²) >= 11 is 6.37. The van der Waals surface area contributed by atoms with Gasteiger partial charge in [0.2, 0.25) is 0 Å². The Morgan fingerprint density at radius 3 is 2.53 bits per heavy atom. The van der Waals surface area contributed by atoms with E-state index in [9.17, 15) is 0 Å². The van der Waals surface area contributed by atoms with Crippen molar-refractivity contribution < 1.29 is 0 Å². The summed E-state index contributed by atoms with van der Waals surface area (Å²) in [5, 5.41) is 8.52. The molecular weight excluding hydrogens is 234 g/mol. The molecule has 1 N–H and O–H groups in total. The van der Waals surface area contributed by atoms with Crippen molar-refractivity contribution in [3.05, 3.63) is 16.4 Å². The number of nitrogens with one attached hydrogen (secondary N) is 1. The van der Waals surface area contributed by atoms with E-state index in [1.54, 1.807) is 0 Å². The second kappa shape index (κ2) is 5.87. The zero-order chi connectivity index (χ0) is 13.1. The van der Waals surface area contributed by atoms with Crippen LogP contribution in [-0.4, -0.2) is 23.4 Å². The molecule has 0 aromatic carbocycles. The Hall–Kier alpha value is -0.540. The molecule has 1 aromatic heterocycles. The van der Waals surface area contributed by atoms with Gasteiger partial charge in [0.1, 0.15) is 0 Å². The lowest BCUT2D eigenvalue weighted by atomic mass is 9.84. The van der Waals surface area contributed by atoms with E-state index < -0.39 is 0 Å². The molecule has 0 saturated carbocycles. The van der Waals surface area contributed by atoms with Crippen LogP contribution in [-0.2, 0) is 19.9 Å². The number of halogens is 1. The summed E-state index contributed by atoms with van der Waals surface area (Å²) in [4.78, 5) is 0. The van der Waals surface area contributed by atoms with Crippen molar-refractivity contribution >= 4 is 11.6 Å². The van der Waals surface area contributed by atoms with Crippen LogP contribution in [0.2, 0.25) is 5.02 Å². The van der Waals surface area contributed by atoms with Crippen LogP contribution in [0.5, 0.6) is 0 Å². The van der Waals surface area contributed by atoms with Crippen LogP contribution in [0.3, 0.4) is 0 Å². The molecule has 0 aliphatic carbocycles. The number of hydrogen-bond acceptors (Lipinski definition) is 2. The second-order valence-corrected chi connectivity index (χ2v) is 5.76. The van der Waals surface area contributed by atoms with Gasteiger partial charge in [-0.3, -0.25) is 4.68 Å². The third-order valence-electron chi connectivity index (χ3n) is 3.20. The SMILES string of the molecule is CCc1nn(C)c(CC(C)(C)CCNC)c1Cl. The van der Waals surface area contributed by atoms with Crippen molar-refractivity contribution in [3.8, 4) is 0 Å². The van der Waals surface area contributed by atoms with Crippen molar-refractivity contribution in [3.63, 3.8) is 0 Å². The van der Waals surface area contributed by atoms with Gasteiger partial charge in [-0.2, -0.15) is 5.10 Å². The number of rotatable bonds is 6. The van der Waals surface area contributed by atoms with Gasteiger partial charge < -0.3 is 5.32 Å². The molecular formula is C13H24ClN3. The summed E-state index contributed by atoms with van der Waals surface area (Å²) in [7, 11) is 3.97. The molecule has 0 aliphatic rings. The van der Waals surface area contributed by atoms with Crippen LogP contribution in [0.15, 0.2) is 0 Å². The van der Waals surface area contributed by atoms with E-state index in [1.807, 2.05) is 18.8 Å². The third-order valence-corrected chi connectivity index (χ3v) is 3.64. The molecule has 0 radical (unpaired) electrons. The molecule has 0 saturated heterocycles. The average Bonchev–Trinajstić information content (AvgIpc) is 2.53. The Morgan fingerprint density at radius 1 is 1.41 bits per heavy atom. The topological polar surface area (TPSA) is 29.9 Å². The highest BCUT2D eigenvalue weighted by atomic mass is 35.5. The largest absolute Gasteiger partial charge is 0.320 e. The molecule has 98 valence electrons. The fourth-order valence-electron chi connectivity index (χ4n) is 2.02. The minimum atomic E-state index is 0.242. The van der Waals surface area contributed by atoms with Crippen molar-refractivity contribution in [2.45, 2.75) is 40.0 Å². The Balaban J connectivity index is 2.83. The first-order chi connectivity index (χ1) is 7.91. The second-order valence-electron chi connectivity index (χ2n) is 5.38. The lowest BCUT2D eigenvalue weighted by molar-refractivity contribution is 0.321. The fourth-order valence-corrected chi connectivity index (χ4v) is 2.38. The summed E-state index contributed by atoms with van der Waals surface area (Å²) in [6.07, 6.45) is 2.99. The van der Waals surface area contributed by atoms with Gasteiger partial charge in [-0.1, -0.05) is 32.4 Å². The quantitative estimate of drug-likeness (QED) is 0.849. The van der Waals surface area contributed by atoms with E-state index >= 15 is 0 Å². The summed E-state index contributed by atoms with van der Waals surface area (Å²) in [6.45, 7) is 7.67. The lowest BCUT2D eigenvalue weighted by Crippen LogP contribution is -2.23. The van der Waals surface area contributed by atoms with Gasteiger partial charge in [0.25, 0.3) is 0 Å². The number of aromatic nitrogens is 2. The zero-order valence-corrected chi connectivity index (χ0v) is 12.4.